The van der Waals surface area contributed by atoms with Crippen LogP contribution in [0.1, 0.15) is 13.8 Å². The first-order chi connectivity index (χ1) is 10.0. The SMILES string of the molecule is CCNCC(C)C(=O)Nc1cccc(OCCN(C)C)c1. The third kappa shape index (κ3) is 7.11. The molecule has 0 aliphatic rings. The van der Waals surface area contributed by atoms with Crippen molar-refractivity contribution in [3.05, 3.63) is 24.3 Å². The van der Waals surface area contributed by atoms with E-state index in [1.54, 1.807) is 0 Å². The summed E-state index contributed by atoms with van der Waals surface area (Å²) in [6, 6.07) is 7.51. The molecule has 2 N–H and O–H groups in total. The predicted octanol–water partition coefficient (Wildman–Crippen LogP) is 1.81. The fraction of sp³-hybridized carbons (Fsp3) is 0.562. The van der Waals surface area contributed by atoms with E-state index < -0.39 is 0 Å². The molecule has 0 aromatic heterocycles. The summed E-state index contributed by atoms with van der Waals surface area (Å²) in [4.78, 5) is 14.1. The van der Waals surface area contributed by atoms with Crippen LogP contribution in [-0.4, -0.2) is 51.1 Å². The maximum Gasteiger partial charge on any atom is 0.228 e. The predicted molar refractivity (Wildman–Crippen MR) is 86.8 cm³/mol. The number of nitrogens with zero attached hydrogens (tertiary/aromatic N) is 1. The summed E-state index contributed by atoms with van der Waals surface area (Å²) >= 11 is 0. The summed E-state index contributed by atoms with van der Waals surface area (Å²) in [6.07, 6.45) is 0. The van der Waals surface area contributed by atoms with Crippen LogP contribution < -0.4 is 15.4 Å². The second kappa shape index (κ2) is 9.37. The lowest BCUT2D eigenvalue weighted by molar-refractivity contribution is -0.119. The van der Waals surface area contributed by atoms with Crippen LogP contribution in [0, 0.1) is 5.92 Å². The Morgan fingerprint density at radius 1 is 1.38 bits per heavy atom. The van der Waals surface area contributed by atoms with Crippen molar-refractivity contribution in [3.63, 3.8) is 0 Å². The summed E-state index contributed by atoms with van der Waals surface area (Å²) < 4.78 is 5.66. The first-order valence-electron chi connectivity index (χ1n) is 7.42. The van der Waals surface area contributed by atoms with Crippen LogP contribution in [0.5, 0.6) is 5.75 Å². The van der Waals surface area contributed by atoms with Crippen molar-refractivity contribution in [2.75, 3.05) is 45.7 Å². The first-order valence-corrected chi connectivity index (χ1v) is 7.42. The molecule has 5 nitrogen and oxygen atoms in total. The van der Waals surface area contributed by atoms with Crippen molar-refractivity contribution in [1.82, 2.24) is 10.2 Å². The van der Waals surface area contributed by atoms with Gasteiger partial charge in [0.2, 0.25) is 5.91 Å². The number of carbonyl (C=O) groups excluding carboxylic acids is 1. The van der Waals surface area contributed by atoms with E-state index in [2.05, 4.69) is 15.5 Å². The molecule has 0 saturated carbocycles. The minimum Gasteiger partial charge on any atom is -0.492 e. The molecule has 0 aliphatic heterocycles. The van der Waals surface area contributed by atoms with Gasteiger partial charge < -0.3 is 20.3 Å². The highest BCUT2D eigenvalue weighted by atomic mass is 16.5. The summed E-state index contributed by atoms with van der Waals surface area (Å²) in [6.45, 7) is 6.97. The Labute approximate surface area is 127 Å². The molecular formula is C16H27N3O2. The van der Waals surface area contributed by atoms with Crippen molar-refractivity contribution in [2.24, 2.45) is 5.92 Å². The zero-order chi connectivity index (χ0) is 15.7. The second-order valence-electron chi connectivity index (χ2n) is 5.38. The van der Waals surface area contributed by atoms with E-state index in [-0.39, 0.29) is 11.8 Å². The number of amides is 1. The molecule has 0 spiro atoms. The van der Waals surface area contributed by atoms with Crippen molar-refractivity contribution in [1.29, 1.82) is 0 Å². The maximum absolute atomic E-state index is 12.0. The van der Waals surface area contributed by atoms with Crippen LogP contribution >= 0.6 is 0 Å². The standard InChI is InChI=1S/C16H27N3O2/c1-5-17-12-13(2)16(20)18-14-7-6-8-15(11-14)21-10-9-19(3)4/h6-8,11,13,17H,5,9-10,12H2,1-4H3,(H,18,20). The summed E-state index contributed by atoms with van der Waals surface area (Å²) in [7, 11) is 4.01. The molecule has 0 heterocycles. The molecule has 5 heteroatoms. The molecule has 0 aliphatic carbocycles. The molecule has 21 heavy (non-hydrogen) atoms. The third-order valence-electron chi connectivity index (χ3n) is 3.06. The molecule has 0 saturated heterocycles. The van der Waals surface area contributed by atoms with Gasteiger partial charge in [-0.25, -0.2) is 0 Å². The quantitative estimate of drug-likeness (QED) is 0.729. The largest absolute Gasteiger partial charge is 0.492 e. The molecule has 0 bridgehead atoms. The van der Waals surface area contributed by atoms with Crippen LogP contribution in [-0.2, 0) is 4.79 Å². The Kier molecular flexibility index (Phi) is 7.79. The van der Waals surface area contributed by atoms with E-state index in [0.29, 0.717) is 13.2 Å². The van der Waals surface area contributed by atoms with E-state index in [4.69, 9.17) is 4.74 Å². The highest BCUT2D eigenvalue weighted by molar-refractivity contribution is 5.92. The number of carbonyl (C=O) groups is 1. The van der Waals surface area contributed by atoms with Crippen LogP contribution in [0.15, 0.2) is 24.3 Å². The van der Waals surface area contributed by atoms with Gasteiger partial charge in [-0.2, -0.15) is 0 Å². The minimum atomic E-state index is -0.0664. The summed E-state index contributed by atoms with van der Waals surface area (Å²) in [5.74, 6) is 0.721. The topological polar surface area (TPSA) is 53.6 Å². The van der Waals surface area contributed by atoms with Gasteiger partial charge in [-0.05, 0) is 32.8 Å². The normalized spacial score (nSPS) is 12.2. The number of hydrogen-bond acceptors (Lipinski definition) is 4. The molecular weight excluding hydrogens is 266 g/mol. The van der Waals surface area contributed by atoms with E-state index in [1.165, 1.54) is 0 Å². The molecule has 0 radical (unpaired) electrons. The second-order valence-corrected chi connectivity index (χ2v) is 5.38. The third-order valence-corrected chi connectivity index (χ3v) is 3.06. The van der Waals surface area contributed by atoms with Crippen LogP contribution in [0.25, 0.3) is 0 Å². The fourth-order valence-electron chi connectivity index (χ4n) is 1.73. The van der Waals surface area contributed by atoms with E-state index in [0.717, 1.165) is 24.5 Å². The molecule has 118 valence electrons. The Hall–Kier alpha value is -1.59. The van der Waals surface area contributed by atoms with Crippen molar-refractivity contribution in [3.8, 4) is 5.75 Å². The van der Waals surface area contributed by atoms with E-state index in [9.17, 15) is 4.79 Å². The fourth-order valence-corrected chi connectivity index (χ4v) is 1.73. The number of nitrogens with one attached hydrogen (secondary N) is 2. The molecule has 1 aromatic carbocycles. The Morgan fingerprint density at radius 3 is 2.81 bits per heavy atom. The van der Waals surface area contributed by atoms with Gasteiger partial charge in [0, 0.05) is 30.8 Å². The zero-order valence-electron chi connectivity index (χ0n) is 13.5. The first kappa shape index (κ1) is 17.5. The van der Waals surface area contributed by atoms with Crippen LogP contribution in [0.2, 0.25) is 0 Å². The van der Waals surface area contributed by atoms with Gasteiger partial charge in [0.1, 0.15) is 12.4 Å². The minimum absolute atomic E-state index is 0.0152. The van der Waals surface area contributed by atoms with Crippen molar-refractivity contribution >= 4 is 11.6 Å². The average Bonchev–Trinajstić information content (AvgIpc) is 2.44. The molecule has 1 aromatic rings. The van der Waals surface area contributed by atoms with Crippen molar-refractivity contribution in [2.45, 2.75) is 13.8 Å². The summed E-state index contributed by atoms with van der Waals surface area (Å²) in [5, 5.41) is 6.10. The summed E-state index contributed by atoms with van der Waals surface area (Å²) in [5.41, 5.74) is 0.769. The van der Waals surface area contributed by atoms with Crippen LogP contribution in [0.3, 0.4) is 0 Å². The number of likely N-dealkylation sites (N-methyl/N-ethyl adjacent to an activating group) is 1. The van der Waals surface area contributed by atoms with Gasteiger partial charge in [-0.1, -0.05) is 19.9 Å². The highest BCUT2D eigenvalue weighted by Gasteiger charge is 2.12. The van der Waals surface area contributed by atoms with Gasteiger partial charge in [-0.3, -0.25) is 4.79 Å². The number of ether oxygens (including phenoxy) is 1. The average molecular weight is 293 g/mol. The molecule has 1 amide bonds. The number of hydrogen-bond donors (Lipinski definition) is 2. The van der Waals surface area contributed by atoms with E-state index in [1.807, 2.05) is 52.2 Å². The van der Waals surface area contributed by atoms with Gasteiger partial charge in [0.15, 0.2) is 0 Å². The number of rotatable bonds is 9. The Balaban J connectivity index is 2.49. The van der Waals surface area contributed by atoms with Crippen LogP contribution in [0.4, 0.5) is 5.69 Å². The molecule has 1 rings (SSSR count). The van der Waals surface area contributed by atoms with Crippen molar-refractivity contribution < 1.29 is 9.53 Å². The zero-order valence-corrected chi connectivity index (χ0v) is 13.5. The van der Waals surface area contributed by atoms with Gasteiger partial charge in [0.05, 0.1) is 0 Å². The maximum atomic E-state index is 12.0. The smallest absolute Gasteiger partial charge is 0.228 e. The Morgan fingerprint density at radius 2 is 2.14 bits per heavy atom. The molecule has 0 fully saturated rings. The number of anilines is 1. The number of benzene rings is 1. The highest BCUT2D eigenvalue weighted by Crippen LogP contribution is 2.18. The van der Waals surface area contributed by atoms with Gasteiger partial charge >= 0.3 is 0 Å². The Bertz CT molecular complexity index is 435. The van der Waals surface area contributed by atoms with Gasteiger partial charge in [-0.15, -0.1) is 0 Å². The molecule has 1 atom stereocenters. The molecule has 1 unspecified atom stereocenters. The monoisotopic (exact) mass is 293 g/mol. The lowest BCUT2D eigenvalue weighted by atomic mass is 10.1. The van der Waals surface area contributed by atoms with Gasteiger partial charge in [0.25, 0.3) is 0 Å². The lowest BCUT2D eigenvalue weighted by Gasteiger charge is -2.14. The van der Waals surface area contributed by atoms with E-state index >= 15 is 0 Å². The lowest BCUT2D eigenvalue weighted by Crippen LogP contribution is -2.30.